The van der Waals surface area contributed by atoms with Crippen molar-refractivity contribution in [1.82, 2.24) is 0 Å². The summed E-state index contributed by atoms with van der Waals surface area (Å²) in [4.78, 5) is 12.9. The van der Waals surface area contributed by atoms with Gasteiger partial charge in [0.2, 0.25) is 11.2 Å². The maximum atomic E-state index is 12.9. The molecule has 164 valence electrons. The Hall–Kier alpha value is -2.86. The molecule has 4 rings (SSSR count). The van der Waals surface area contributed by atoms with Crippen molar-refractivity contribution < 1.29 is 18.6 Å². The molecule has 32 heavy (non-hydrogen) atoms. The van der Waals surface area contributed by atoms with Crippen LogP contribution in [0.1, 0.15) is 12.5 Å². The highest BCUT2D eigenvalue weighted by atomic mass is 35.5. The fourth-order valence-electron chi connectivity index (χ4n) is 3.04. The van der Waals surface area contributed by atoms with Gasteiger partial charge in [0.25, 0.3) is 0 Å². The molecule has 0 N–H and O–H groups in total. The first kappa shape index (κ1) is 22.3. The Morgan fingerprint density at radius 3 is 2.41 bits per heavy atom. The summed E-state index contributed by atoms with van der Waals surface area (Å²) in [5.74, 6) is 1.49. The molecule has 3 aromatic carbocycles. The van der Waals surface area contributed by atoms with Gasteiger partial charge >= 0.3 is 0 Å². The van der Waals surface area contributed by atoms with E-state index in [1.807, 2.05) is 13.0 Å². The number of rotatable bonds is 7. The van der Waals surface area contributed by atoms with Gasteiger partial charge in [0.1, 0.15) is 24.2 Å². The number of hydrogen-bond donors (Lipinski definition) is 0. The lowest BCUT2D eigenvalue weighted by atomic mass is 10.2. The van der Waals surface area contributed by atoms with E-state index in [1.54, 1.807) is 48.5 Å². The SMILES string of the molecule is CCOc1ccccc1Oc1coc2cc(OCc3c(Cl)ccc(Cl)c3Cl)ccc2c1=O. The summed E-state index contributed by atoms with van der Waals surface area (Å²) in [6.07, 6.45) is 1.27. The van der Waals surface area contributed by atoms with Gasteiger partial charge in [0.05, 0.1) is 22.0 Å². The van der Waals surface area contributed by atoms with Crippen LogP contribution in [0.15, 0.2) is 70.1 Å². The number of benzene rings is 3. The largest absolute Gasteiger partial charge is 0.490 e. The van der Waals surface area contributed by atoms with Crippen LogP contribution in [0.5, 0.6) is 23.0 Å². The first-order valence-electron chi connectivity index (χ1n) is 9.68. The maximum absolute atomic E-state index is 12.9. The highest BCUT2D eigenvalue weighted by molar-refractivity contribution is 6.44. The van der Waals surface area contributed by atoms with Crippen LogP contribution in [0.3, 0.4) is 0 Å². The Labute approximate surface area is 199 Å². The van der Waals surface area contributed by atoms with Crippen LogP contribution in [-0.4, -0.2) is 6.61 Å². The van der Waals surface area contributed by atoms with Gasteiger partial charge in [-0.2, -0.15) is 0 Å². The van der Waals surface area contributed by atoms with E-state index in [0.717, 1.165) is 0 Å². The molecule has 1 heterocycles. The van der Waals surface area contributed by atoms with E-state index in [1.165, 1.54) is 6.26 Å². The lowest BCUT2D eigenvalue weighted by Crippen LogP contribution is -2.06. The molecule has 1 aromatic heterocycles. The van der Waals surface area contributed by atoms with Crippen LogP contribution in [0, 0.1) is 0 Å². The van der Waals surface area contributed by atoms with Gasteiger partial charge in [0, 0.05) is 16.7 Å². The predicted octanol–water partition coefficient (Wildman–Crippen LogP) is 7.52. The second kappa shape index (κ2) is 9.74. The first-order chi connectivity index (χ1) is 15.5. The smallest absolute Gasteiger partial charge is 0.235 e. The molecule has 0 unspecified atom stereocenters. The van der Waals surface area contributed by atoms with Crippen molar-refractivity contribution in [2.24, 2.45) is 0 Å². The molecule has 0 atom stereocenters. The van der Waals surface area contributed by atoms with Crippen molar-refractivity contribution in [2.75, 3.05) is 6.61 Å². The molecule has 0 aliphatic rings. The molecule has 5 nitrogen and oxygen atoms in total. The molecule has 0 fully saturated rings. The zero-order valence-corrected chi connectivity index (χ0v) is 19.1. The van der Waals surface area contributed by atoms with E-state index in [4.69, 9.17) is 53.4 Å². The van der Waals surface area contributed by atoms with E-state index < -0.39 is 0 Å². The fraction of sp³-hybridized carbons (Fsp3) is 0.125. The van der Waals surface area contributed by atoms with E-state index in [0.29, 0.717) is 55.5 Å². The Kier molecular flexibility index (Phi) is 6.80. The third kappa shape index (κ3) is 4.65. The maximum Gasteiger partial charge on any atom is 0.235 e. The molecule has 0 amide bonds. The molecular weight excluding hydrogens is 475 g/mol. The molecule has 0 radical (unpaired) electrons. The number of fused-ring (bicyclic) bond motifs is 1. The summed E-state index contributed by atoms with van der Waals surface area (Å²) in [5, 5.41) is 1.52. The van der Waals surface area contributed by atoms with Crippen LogP contribution in [0.4, 0.5) is 0 Å². The van der Waals surface area contributed by atoms with E-state index in [2.05, 4.69) is 0 Å². The Morgan fingerprint density at radius 1 is 0.875 bits per heavy atom. The van der Waals surface area contributed by atoms with Gasteiger partial charge < -0.3 is 18.6 Å². The number of para-hydroxylation sites is 2. The van der Waals surface area contributed by atoms with Gasteiger partial charge in [-0.25, -0.2) is 0 Å². The summed E-state index contributed by atoms with van der Waals surface area (Å²) in [6, 6.07) is 15.3. The average Bonchev–Trinajstić information content (AvgIpc) is 2.79. The topological polar surface area (TPSA) is 57.9 Å². The van der Waals surface area contributed by atoms with Crippen molar-refractivity contribution in [1.29, 1.82) is 0 Å². The van der Waals surface area contributed by atoms with E-state index >= 15 is 0 Å². The second-order valence-electron chi connectivity index (χ2n) is 6.68. The molecule has 4 aromatic rings. The van der Waals surface area contributed by atoms with E-state index in [9.17, 15) is 4.79 Å². The third-order valence-corrected chi connectivity index (χ3v) is 5.80. The summed E-state index contributed by atoms with van der Waals surface area (Å²) in [6.45, 7) is 2.44. The van der Waals surface area contributed by atoms with Gasteiger partial charge in [-0.3, -0.25) is 4.79 Å². The average molecular weight is 492 g/mol. The Morgan fingerprint density at radius 2 is 1.62 bits per heavy atom. The predicted molar refractivity (Wildman–Crippen MR) is 126 cm³/mol. The van der Waals surface area contributed by atoms with E-state index in [-0.39, 0.29) is 17.8 Å². The van der Waals surface area contributed by atoms with Crippen molar-refractivity contribution in [3.05, 3.63) is 91.7 Å². The Balaban J connectivity index is 1.58. The summed E-state index contributed by atoms with van der Waals surface area (Å²) < 4.78 is 22.7. The molecule has 0 bridgehead atoms. The van der Waals surface area contributed by atoms with Gasteiger partial charge in [0.15, 0.2) is 11.5 Å². The van der Waals surface area contributed by atoms with Crippen LogP contribution >= 0.6 is 34.8 Å². The van der Waals surface area contributed by atoms with Gasteiger partial charge in [-0.15, -0.1) is 0 Å². The standard InChI is InChI=1S/C24H17Cl3O5/c1-2-29-19-5-3-4-6-20(19)32-22-13-31-21-11-14(7-8-15(21)24(22)28)30-12-16-17(25)9-10-18(26)23(16)27/h3-11,13H,2,12H2,1H3. The molecule has 8 heteroatoms. The quantitative estimate of drug-likeness (QED) is 0.250. The highest BCUT2D eigenvalue weighted by Gasteiger charge is 2.14. The molecule has 0 aliphatic carbocycles. The van der Waals surface area contributed by atoms with Crippen molar-refractivity contribution >= 4 is 45.8 Å². The molecular formula is C24H17Cl3O5. The minimum absolute atomic E-state index is 0.0517. The molecule has 0 saturated carbocycles. The zero-order valence-electron chi connectivity index (χ0n) is 16.9. The molecule has 0 saturated heterocycles. The fourth-order valence-corrected chi connectivity index (χ4v) is 3.69. The number of ether oxygens (including phenoxy) is 3. The highest BCUT2D eigenvalue weighted by Crippen LogP contribution is 2.33. The van der Waals surface area contributed by atoms with Crippen LogP contribution in [0.25, 0.3) is 11.0 Å². The van der Waals surface area contributed by atoms with Gasteiger partial charge in [-0.05, 0) is 43.3 Å². The number of halogens is 3. The van der Waals surface area contributed by atoms with Crippen LogP contribution in [-0.2, 0) is 6.61 Å². The molecule has 0 aliphatic heterocycles. The summed E-state index contributed by atoms with van der Waals surface area (Å²) in [5.41, 5.74) is 0.602. The second-order valence-corrected chi connectivity index (χ2v) is 7.87. The van der Waals surface area contributed by atoms with Crippen molar-refractivity contribution in [2.45, 2.75) is 13.5 Å². The minimum atomic E-state index is -0.315. The van der Waals surface area contributed by atoms with Gasteiger partial charge in [-0.1, -0.05) is 46.9 Å². The third-order valence-electron chi connectivity index (χ3n) is 4.61. The normalized spacial score (nSPS) is 10.9. The first-order valence-corrected chi connectivity index (χ1v) is 10.8. The van der Waals surface area contributed by atoms with Crippen LogP contribution < -0.4 is 19.6 Å². The van der Waals surface area contributed by atoms with Crippen LogP contribution in [0.2, 0.25) is 15.1 Å². The zero-order chi connectivity index (χ0) is 22.7. The monoisotopic (exact) mass is 490 g/mol. The summed E-state index contributed by atoms with van der Waals surface area (Å²) >= 11 is 18.5. The lowest BCUT2D eigenvalue weighted by molar-refractivity contribution is 0.306. The Bertz CT molecular complexity index is 1330. The molecule has 0 spiro atoms. The van der Waals surface area contributed by atoms with Crippen molar-refractivity contribution in [3.63, 3.8) is 0 Å². The lowest BCUT2D eigenvalue weighted by Gasteiger charge is -2.12. The summed E-state index contributed by atoms with van der Waals surface area (Å²) in [7, 11) is 0. The minimum Gasteiger partial charge on any atom is -0.490 e. The van der Waals surface area contributed by atoms with Crippen molar-refractivity contribution in [3.8, 4) is 23.0 Å². The number of hydrogen-bond acceptors (Lipinski definition) is 5.